The lowest BCUT2D eigenvalue weighted by Gasteiger charge is -2.38. The Morgan fingerprint density at radius 2 is 2.18 bits per heavy atom. The van der Waals surface area contributed by atoms with Gasteiger partial charge in [0.25, 0.3) is 0 Å². The third-order valence-corrected chi connectivity index (χ3v) is 5.22. The molecule has 152 valence electrons. The molecule has 0 spiro atoms. The molecule has 1 aromatic carbocycles. The number of H-pyrrole nitrogens is 1. The van der Waals surface area contributed by atoms with Crippen LogP contribution in [0.3, 0.4) is 0 Å². The van der Waals surface area contributed by atoms with Crippen LogP contribution in [0, 0.1) is 11.8 Å². The van der Waals surface area contributed by atoms with Gasteiger partial charge < -0.3 is 25.0 Å². The third kappa shape index (κ3) is 4.74. The monoisotopic (exact) mass is 388 g/mol. The van der Waals surface area contributed by atoms with Crippen LogP contribution in [-0.4, -0.2) is 58.2 Å². The zero-order valence-corrected chi connectivity index (χ0v) is 16.6. The standard InChI is InChI=1S/C20H28N4O4/c1-12(2)21-20(27)24-7-6-13(9-19(25)26)14(11-24)8-18-22-16-5-4-15(28-3)10-17(16)23-18/h4-5,10,12-14H,6-9,11H2,1-3H3,(H,21,27)(H,22,23)(H,25,26). The van der Waals surface area contributed by atoms with Crippen LogP contribution in [0.4, 0.5) is 4.79 Å². The van der Waals surface area contributed by atoms with Crippen LogP contribution in [0.5, 0.6) is 5.75 Å². The van der Waals surface area contributed by atoms with Gasteiger partial charge in [-0.2, -0.15) is 0 Å². The molecular formula is C20H28N4O4. The molecule has 1 aliphatic heterocycles. The lowest BCUT2D eigenvalue weighted by molar-refractivity contribution is -0.139. The normalized spacial score (nSPS) is 19.8. The second kappa shape index (κ2) is 8.50. The number of methoxy groups -OCH3 is 1. The number of nitrogens with one attached hydrogen (secondary N) is 2. The summed E-state index contributed by atoms with van der Waals surface area (Å²) < 4.78 is 5.25. The van der Waals surface area contributed by atoms with Crippen molar-refractivity contribution >= 4 is 23.0 Å². The van der Waals surface area contributed by atoms with Crippen molar-refractivity contribution in [3.63, 3.8) is 0 Å². The highest BCUT2D eigenvalue weighted by Gasteiger charge is 2.33. The second-order valence-corrected chi connectivity index (χ2v) is 7.73. The van der Waals surface area contributed by atoms with Gasteiger partial charge in [-0.05, 0) is 44.2 Å². The van der Waals surface area contributed by atoms with E-state index in [0.29, 0.717) is 25.9 Å². The highest BCUT2D eigenvalue weighted by atomic mass is 16.5. The van der Waals surface area contributed by atoms with Gasteiger partial charge in [0.15, 0.2) is 0 Å². The topological polar surface area (TPSA) is 108 Å². The number of hydrogen-bond donors (Lipinski definition) is 3. The Morgan fingerprint density at radius 3 is 2.86 bits per heavy atom. The lowest BCUT2D eigenvalue weighted by Crippen LogP contribution is -2.50. The molecule has 1 fully saturated rings. The van der Waals surface area contributed by atoms with E-state index in [0.717, 1.165) is 22.6 Å². The number of fused-ring (bicyclic) bond motifs is 1. The van der Waals surface area contributed by atoms with Crippen LogP contribution >= 0.6 is 0 Å². The van der Waals surface area contributed by atoms with Gasteiger partial charge in [0.2, 0.25) is 0 Å². The Kier molecular flexibility index (Phi) is 6.06. The predicted molar refractivity (Wildman–Crippen MR) is 105 cm³/mol. The SMILES string of the molecule is COc1ccc2nc(CC3CN(C(=O)NC(C)C)CCC3CC(=O)O)[nH]c2c1. The number of urea groups is 1. The van der Waals surface area contributed by atoms with Gasteiger partial charge in [-0.15, -0.1) is 0 Å². The molecule has 0 aliphatic carbocycles. The first-order chi connectivity index (χ1) is 13.4. The number of carbonyl (C=O) groups excluding carboxylic acids is 1. The van der Waals surface area contributed by atoms with Crippen molar-refractivity contribution in [1.29, 1.82) is 0 Å². The summed E-state index contributed by atoms with van der Waals surface area (Å²) in [5, 5.41) is 12.2. The largest absolute Gasteiger partial charge is 0.497 e. The molecule has 8 nitrogen and oxygen atoms in total. The Hall–Kier alpha value is -2.77. The van der Waals surface area contributed by atoms with Gasteiger partial charge in [0, 0.05) is 38.0 Å². The maximum Gasteiger partial charge on any atom is 0.317 e. The molecule has 8 heteroatoms. The average molecular weight is 388 g/mol. The van der Waals surface area contributed by atoms with E-state index in [1.54, 1.807) is 12.0 Å². The van der Waals surface area contributed by atoms with Crippen molar-refractivity contribution in [3.8, 4) is 5.75 Å². The van der Waals surface area contributed by atoms with Crippen LogP contribution in [0.1, 0.15) is 32.5 Å². The fourth-order valence-electron chi connectivity index (χ4n) is 3.84. The molecule has 3 N–H and O–H groups in total. The molecule has 1 saturated heterocycles. The minimum absolute atomic E-state index is 0.0170. The minimum Gasteiger partial charge on any atom is -0.497 e. The summed E-state index contributed by atoms with van der Waals surface area (Å²) in [6, 6.07) is 5.62. The van der Waals surface area contributed by atoms with Gasteiger partial charge in [-0.25, -0.2) is 9.78 Å². The molecule has 2 atom stereocenters. The Bertz CT molecular complexity index is 848. The van der Waals surface area contributed by atoms with E-state index in [9.17, 15) is 14.7 Å². The number of imidazole rings is 1. The number of aliphatic carboxylic acids is 1. The molecule has 3 rings (SSSR count). The number of rotatable bonds is 6. The maximum atomic E-state index is 12.4. The molecule has 2 heterocycles. The van der Waals surface area contributed by atoms with Crippen LogP contribution in [-0.2, 0) is 11.2 Å². The van der Waals surface area contributed by atoms with Crippen molar-refractivity contribution in [2.75, 3.05) is 20.2 Å². The van der Waals surface area contributed by atoms with Crippen molar-refractivity contribution in [3.05, 3.63) is 24.0 Å². The van der Waals surface area contributed by atoms with Gasteiger partial charge >= 0.3 is 12.0 Å². The number of amides is 2. The summed E-state index contributed by atoms with van der Waals surface area (Å²) in [6.45, 7) is 4.95. The highest BCUT2D eigenvalue weighted by Crippen LogP contribution is 2.30. The van der Waals surface area contributed by atoms with E-state index in [1.165, 1.54) is 0 Å². The number of carboxylic acids is 1. The van der Waals surface area contributed by atoms with Crippen molar-refractivity contribution in [2.24, 2.45) is 11.8 Å². The van der Waals surface area contributed by atoms with E-state index in [-0.39, 0.29) is 30.3 Å². The molecule has 0 saturated carbocycles. The van der Waals surface area contributed by atoms with E-state index in [2.05, 4.69) is 15.3 Å². The molecule has 2 unspecified atom stereocenters. The molecule has 1 aliphatic rings. The van der Waals surface area contributed by atoms with Crippen molar-refractivity contribution in [2.45, 2.75) is 39.2 Å². The number of aromatic amines is 1. The summed E-state index contributed by atoms with van der Waals surface area (Å²) in [7, 11) is 1.62. The number of piperidine rings is 1. The molecular weight excluding hydrogens is 360 g/mol. The van der Waals surface area contributed by atoms with Gasteiger partial charge in [0.05, 0.1) is 18.1 Å². The van der Waals surface area contributed by atoms with Crippen LogP contribution < -0.4 is 10.1 Å². The molecule has 28 heavy (non-hydrogen) atoms. The van der Waals surface area contributed by atoms with Crippen molar-refractivity contribution < 1.29 is 19.4 Å². The van der Waals surface area contributed by atoms with Crippen LogP contribution in [0.2, 0.25) is 0 Å². The molecule has 2 aromatic rings. The van der Waals surface area contributed by atoms with Crippen molar-refractivity contribution in [1.82, 2.24) is 20.2 Å². The number of carbonyl (C=O) groups is 2. The second-order valence-electron chi connectivity index (χ2n) is 7.73. The van der Waals surface area contributed by atoms with E-state index in [1.807, 2.05) is 32.0 Å². The first-order valence-electron chi connectivity index (χ1n) is 9.65. The number of nitrogens with zero attached hydrogens (tertiary/aromatic N) is 2. The number of likely N-dealkylation sites (tertiary alicyclic amines) is 1. The fraction of sp³-hybridized carbons (Fsp3) is 0.550. The number of ether oxygens (including phenoxy) is 1. The van der Waals surface area contributed by atoms with E-state index < -0.39 is 5.97 Å². The predicted octanol–water partition coefficient (Wildman–Crippen LogP) is 2.64. The van der Waals surface area contributed by atoms with Gasteiger partial charge in [-0.1, -0.05) is 0 Å². The number of carboxylic acid groups (broad SMARTS) is 1. The van der Waals surface area contributed by atoms with E-state index in [4.69, 9.17) is 4.74 Å². The van der Waals surface area contributed by atoms with Crippen LogP contribution in [0.25, 0.3) is 11.0 Å². The number of aromatic nitrogens is 2. The Labute approximate surface area is 164 Å². The summed E-state index contributed by atoms with van der Waals surface area (Å²) in [5.74, 6) is 0.799. The minimum atomic E-state index is -0.801. The first kappa shape index (κ1) is 20.0. The quantitative estimate of drug-likeness (QED) is 0.705. The van der Waals surface area contributed by atoms with E-state index >= 15 is 0 Å². The summed E-state index contributed by atoms with van der Waals surface area (Å²) >= 11 is 0. The number of benzene rings is 1. The number of hydrogen-bond acceptors (Lipinski definition) is 4. The zero-order chi connectivity index (χ0) is 20.3. The Morgan fingerprint density at radius 1 is 1.39 bits per heavy atom. The Balaban J connectivity index is 1.77. The summed E-state index contributed by atoms with van der Waals surface area (Å²) in [6.07, 6.45) is 1.38. The van der Waals surface area contributed by atoms with Gasteiger partial charge in [0.1, 0.15) is 11.6 Å². The molecule has 0 radical (unpaired) electrons. The fourth-order valence-corrected chi connectivity index (χ4v) is 3.84. The smallest absolute Gasteiger partial charge is 0.317 e. The lowest BCUT2D eigenvalue weighted by atomic mass is 9.81. The molecule has 0 bridgehead atoms. The average Bonchev–Trinajstić information content (AvgIpc) is 3.03. The molecule has 1 aromatic heterocycles. The summed E-state index contributed by atoms with van der Waals surface area (Å²) in [4.78, 5) is 33.4. The third-order valence-electron chi connectivity index (χ3n) is 5.22. The summed E-state index contributed by atoms with van der Waals surface area (Å²) in [5.41, 5.74) is 1.73. The van der Waals surface area contributed by atoms with Crippen LogP contribution in [0.15, 0.2) is 18.2 Å². The first-order valence-corrected chi connectivity index (χ1v) is 9.65. The highest BCUT2D eigenvalue weighted by molar-refractivity contribution is 5.77. The van der Waals surface area contributed by atoms with Gasteiger partial charge in [-0.3, -0.25) is 4.79 Å². The molecule has 2 amide bonds. The maximum absolute atomic E-state index is 12.4. The zero-order valence-electron chi connectivity index (χ0n) is 16.6.